The van der Waals surface area contributed by atoms with Crippen LogP contribution in [0.2, 0.25) is 0 Å². The van der Waals surface area contributed by atoms with Gasteiger partial charge < -0.3 is 9.47 Å². The van der Waals surface area contributed by atoms with Crippen molar-refractivity contribution in [2.45, 2.75) is 44.6 Å². The van der Waals surface area contributed by atoms with E-state index < -0.39 is 11.6 Å². The summed E-state index contributed by atoms with van der Waals surface area (Å²) in [5, 5.41) is 0. The largest absolute Gasteiger partial charge is 0.491 e. The van der Waals surface area contributed by atoms with Gasteiger partial charge in [-0.05, 0) is 67.5 Å². The fourth-order valence-electron chi connectivity index (χ4n) is 3.18. The third-order valence-electron chi connectivity index (χ3n) is 5.00. The van der Waals surface area contributed by atoms with Gasteiger partial charge in [0, 0.05) is 12.2 Å². The van der Waals surface area contributed by atoms with Crippen molar-refractivity contribution in [1.29, 1.82) is 0 Å². The van der Waals surface area contributed by atoms with Crippen LogP contribution in [0, 0.1) is 11.6 Å². The number of unbranched alkanes of at least 4 members (excludes halogenated alkanes) is 1. The summed E-state index contributed by atoms with van der Waals surface area (Å²) in [7, 11) is 1.58. The molecule has 0 unspecified atom stereocenters. The van der Waals surface area contributed by atoms with E-state index in [9.17, 15) is 8.78 Å². The third kappa shape index (κ3) is 5.66. The van der Waals surface area contributed by atoms with Gasteiger partial charge in [-0.2, -0.15) is 0 Å². The molecule has 0 aliphatic heterocycles. The number of rotatable bonds is 11. The molecule has 1 fully saturated rings. The molecule has 28 heavy (non-hydrogen) atoms. The number of hydrogen-bond acceptors (Lipinski definition) is 4. The lowest BCUT2D eigenvalue weighted by Crippen LogP contribution is -2.10. The van der Waals surface area contributed by atoms with Crippen molar-refractivity contribution in [2.75, 3.05) is 25.8 Å². The van der Waals surface area contributed by atoms with Gasteiger partial charge in [-0.1, -0.05) is 12.5 Å². The highest BCUT2D eigenvalue weighted by molar-refractivity contribution is 5.57. The van der Waals surface area contributed by atoms with Crippen LogP contribution in [0.1, 0.15) is 49.1 Å². The van der Waals surface area contributed by atoms with Gasteiger partial charge in [0.05, 0.1) is 20.3 Å². The zero-order valence-electron chi connectivity index (χ0n) is 16.2. The van der Waals surface area contributed by atoms with E-state index in [4.69, 9.17) is 14.3 Å². The van der Waals surface area contributed by atoms with Crippen LogP contribution < -0.4 is 10.2 Å². The first-order valence-electron chi connectivity index (χ1n) is 9.75. The van der Waals surface area contributed by atoms with Crippen molar-refractivity contribution >= 4 is 5.69 Å². The molecule has 0 saturated heterocycles. The second-order valence-electron chi connectivity index (χ2n) is 7.03. The lowest BCUT2D eigenvalue weighted by molar-refractivity contribution is 0.111. The summed E-state index contributed by atoms with van der Waals surface area (Å²) in [6.45, 7) is 1.07. The first kappa shape index (κ1) is 20.6. The molecule has 0 heterocycles. The van der Waals surface area contributed by atoms with Crippen molar-refractivity contribution < 1.29 is 23.1 Å². The molecule has 2 aromatic rings. The second-order valence-corrected chi connectivity index (χ2v) is 7.03. The molecule has 0 spiro atoms. The number of anilines is 1. The van der Waals surface area contributed by atoms with Gasteiger partial charge in [0.2, 0.25) is 0 Å². The molecule has 1 N–H and O–H groups in total. The highest BCUT2D eigenvalue weighted by atomic mass is 19.1. The Morgan fingerprint density at radius 3 is 2.61 bits per heavy atom. The zero-order chi connectivity index (χ0) is 19.8. The van der Waals surface area contributed by atoms with Gasteiger partial charge in [0.1, 0.15) is 23.1 Å². The molecule has 0 atom stereocenters. The van der Waals surface area contributed by atoms with Crippen LogP contribution in [-0.4, -0.2) is 20.3 Å². The minimum Gasteiger partial charge on any atom is -0.491 e. The molecule has 2 aromatic carbocycles. The van der Waals surface area contributed by atoms with E-state index in [1.165, 1.54) is 24.8 Å². The molecule has 152 valence electrons. The molecule has 3 rings (SSSR count). The first-order valence-corrected chi connectivity index (χ1v) is 9.75. The summed E-state index contributed by atoms with van der Waals surface area (Å²) >= 11 is 0. The van der Waals surface area contributed by atoms with Crippen LogP contribution in [-0.2, 0) is 16.2 Å². The molecule has 4 nitrogen and oxygen atoms in total. The van der Waals surface area contributed by atoms with Gasteiger partial charge in [0.15, 0.2) is 0 Å². The number of benzene rings is 2. The maximum Gasteiger partial charge on any atom is 0.144 e. The van der Waals surface area contributed by atoms with Crippen LogP contribution in [0.5, 0.6) is 5.75 Å². The molecular formula is C22H27F2NO3. The summed E-state index contributed by atoms with van der Waals surface area (Å²) in [4.78, 5) is 5.07. The van der Waals surface area contributed by atoms with E-state index in [-0.39, 0.29) is 12.2 Å². The zero-order valence-corrected chi connectivity index (χ0v) is 16.2. The fraction of sp³-hybridized carbons (Fsp3) is 0.455. The molecule has 0 amide bonds. The van der Waals surface area contributed by atoms with E-state index >= 15 is 0 Å². The summed E-state index contributed by atoms with van der Waals surface area (Å²) in [6, 6.07) is 9.58. The van der Waals surface area contributed by atoms with Crippen LogP contribution in [0.25, 0.3) is 0 Å². The molecule has 0 bridgehead atoms. The van der Waals surface area contributed by atoms with Crippen LogP contribution in [0.3, 0.4) is 0 Å². The maximum atomic E-state index is 13.5. The predicted octanol–water partition coefficient (Wildman–Crippen LogP) is 5.58. The third-order valence-corrected chi connectivity index (χ3v) is 5.00. The van der Waals surface area contributed by atoms with E-state index in [1.807, 2.05) is 6.07 Å². The van der Waals surface area contributed by atoms with Crippen molar-refractivity contribution in [1.82, 2.24) is 0 Å². The van der Waals surface area contributed by atoms with E-state index in [0.29, 0.717) is 19.1 Å². The minimum absolute atomic E-state index is 0.0645. The normalized spacial score (nSPS) is 14.0. The Hall–Kier alpha value is -2.18. The summed E-state index contributed by atoms with van der Waals surface area (Å²) in [5.74, 6) is 0.490. The molecule has 0 aromatic heterocycles. The Morgan fingerprint density at radius 1 is 1.04 bits per heavy atom. The quantitative estimate of drug-likeness (QED) is 0.401. The summed E-state index contributed by atoms with van der Waals surface area (Å²) in [5.41, 5.74) is 5.28. The standard InChI is InChI=1S/C22H27F2NO3/c1-26-25-21-14-17(16-5-4-6-16)7-10-22(21)28-12-3-2-11-27-15-18-13-19(23)8-9-20(18)24/h7-10,13-14,16,25H,2-6,11-12,15H2,1H3. The Balaban J connectivity index is 1.38. The van der Waals surface area contributed by atoms with Gasteiger partial charge in [-0.25, -0.2) is 8.78 Å². The number of hydrogen-bond donors (Lipinski definition) is 1. The van der Waals surface area contributed by atoms with E-state index in [2.05, 4.69) is 17.6 Å². The average molecular weight is 391 g/mol. The Bertz CT molecular complexity index is 765. The predicted molar refractivity (Wildman–Crippen MR) is 104 cm³/mol. The SMILES string of the molecule is CONc1cc(C2CCC2)ccc1OCCCCOCc1cc(F)ccc1F. The summed E-state index contributed by atoms with van der Waals surface area (Å²) in [6.07, 6.45) is 5.34. The molecular weight excluding hydrogens is 364 g/mol. The van der Waals surface area contributed by atoms with Gasteiger partial charge in [-0.3, -0.25) is 10.3 Å². The maximum absolute atomic E-state index is 13.5. The van der Waals surface area contributed by atoms with Gasteiger partial charge >= 0.3 is 0 Å². The highest BCUT2D eigenvalue weighted by Crippen LogP contribution is 2.39. The Morgan fingerprint density at radius 2 is 1.86 bits per heavy atom. The summed E-state index contributed by atoms with van der Waals surface area (Å²) < 4.78 is 37.9. The first-order chi connectivity index (χ1) is 13.7. The Kier molecular flexibility index (Phi) is 7.62. The average Bonchev–Trinajstić information content (AvgIpc) is 2.64. The number of nitrogens with one attached hydrogen (secondary N) is 1. The second kappa shape index (κ2) is 10.4. The van der Waals surface area contributed by atoms with Crippen molar-refractivity contribution in [3.05, 3.63) is 59.2 Å². The monoisotopic (exact) mass is 391 g/mol. The number of ether oxygens (including phenoxy) is 2. The molecule has 1 saturated carbocycles. The molecule has 0 radical (unpaired) electrons. The Labute approximate surface area is 164 Å². The number of halogens is 2. The molecule has 1 aliphatic rings. The molecule has 1 aliphatic carbocycles. The van der Waals surface area contributed by atoms with Gasteiger partial charge in [-0.15, -0.1) is 0 Å². The van der Waals surface area contributed by atoms with Gasteiger partial charge in [0.25, 0.3) is 0 Å². The van der Waals surface area contributed by atoms with E-state index in [0.717, 1.165) is 42.5 Å². The highest BCUT2D eigenvalue weighted by Gasteiger charge is 2.20. The van der Waals surface area contributed by atoms with Crippen LogP contribution >= 0.6 is 0 Å². The molecule has 6 heteroatoms. The van der Waals surface area contributed by atoms with E-state index in [1.54, 1.807) is 7.11 Å². The minimum atomic E-state index is -0.461. The topological polar surface area (TPSA) is 39.7 Å². The van der Waals surface area contributed by atoms with Crippen LogP contribution in [0.15, 0.2) is 36.4 Å². The van der Waals surface area contributed by atoms with Crippen LogP contribution in [0.4, 0.5) is 14.5 Å². The smallest absolute Gasteiger partial charge is 0.144 e. The fourth-order valence-corrected chi connectivity index (χ4v) is 3.18. The lowest BCUT2D eigenvalue weighted by Gasteiger charge is -2.26. The lowest BCUT2D eigenvalue weighted by atomic mass is 9.80. The van der Waals surface area contributed by atoms with Crippen molar-refractivity contribution in [3.63, 3.8) is 0 Å². The van der Waals surface area contributed by atoms with Crippen molar-refractivity contribution in [3.8, 4) is 5.75 Å². The van der Waals surface area contributed by atoms with Crippen molar-refractivity contribution in [2.24, 2.45) is 0 Å².